The van der Waals surface area contributed by atoms with Crippen molar-refractivity contribution in [1.82, 2.24) is 15.4 Å². The number of thioether (sulfide) groups is 1. The van der Waals surface area contributed by atoms with Crippen molar-refractivity contribution in [3.63, 3.8) is 0 Å². The lowest BCUT2D eigenvalue weighted by Gasteiger charge is -2.09. The molecule has 8 heteroatoms. The van der Waals surface area contributed by atoms with Crippen LogP contribution in [0.25, 0.3) is 0 Å². The summed E-state index contributed by atoms with van der Waals surface area (Å²) in [6.45, 7) is 5.54. The first kappa shape index (κ1) is 18.7. The maximum atomic E-state index is 12.1. The number of aryl methyl sites for hydroxylation is 2. The van der Waals surface area contributed by atoms with Gasteiger partial charge in [-0.15, -0.1) is 0 Å². The van der Waals surface area contributed by atoms with Crippen LogP contribution < -0.4 is 10.2 Å². The Hall–Kier alpha value is -2.61. The number of hydrazone groups is 1. The van der Waals surface area contributed by atoms with E-state index in [0.29, 0.717) is 16.5 Å². The van der Waals surface area contributed by atoms with Crippen molar-refractivity contribution >= 4 is 23.9 Å². The number of amides is 1. The van der Waals surface area contributed by atoms with Crippen LogP contribution in [-0.2, 0) is 4.79 Å². The maximum absolute atomic E-state index is 12.1. The number of aromatic hydroxyl groups is 1. The molecule has 132 valence electrons. The van der Waals surface area contributed by atoms with Gasteiger partial charge < -0.3 is 9.84 Å². The predicted molar refractivity (Wildman–Crippen MR) is 97.2 cm³/mol. The summed E-state index contributed by atoms with van der Waals surface area (Å²) in [7, 11) is 1.46. The highest BCUT2D eigenvalue weighted by Gasteiger charge is 2.15. The van der Waals surface area contributed by atoms with E-state index in [9.17, 15) is 9.90 Å². The fourth-order valence-electron chi connectivity index (χ4n) is 1.99. The highest BCUT2D eigenvalue weighted by Crippen LogP contribution is 2.25. The van der Waals surface area contributed by atoms with Crippen molar-refractivity contribution in [1.29, 1.82) is 0 Å². The molecule has 2 rings (SSSR count). The van der Waals surface area contributed by atoms with Gasteiger partial charge in [-0.05, 0) is 50.6 Å². The number of nitrogens with one attached hydrogen (secondary N) is 1. The Morgan fingerprint density at radius 3 is 2.64 bits per heavy atom. The van der Waals surface area contributed by atoms with Crippen molar-refractivity contribution in [2.24, 2.45) is 5.10 Å². The summed E-state index contributed by atoms with van der Waals surface area (Å²) >= 11 is 1.27. The van der Waals surface area contributed by atoms with Crippen molar-refractivity contribution in [2.75, 3.05) is 7.11 Å². The van der Waals surface area contributed by atoms with Gasteiger partial charge in [0, 0.05) is 11.4 Å². The number of hydrogen-bond acceptors (Lipinski definition) is 7. The average molecular weight is 360 g/mol. The van der Waals surface area contributed by atoms with Crippen LogP contribution in [0.1, 0.15) is 23.9 Å². The van der Waals surface area contributed by atoms with Gasteiger partial charge in [0.2, 0.25) is 0 Å². The number of benzene rings is 1. The van der Waals surface area contributed by atoms with Crippen LogP contribution in [0.4, 0.5) is 0 Å². The number of nitrogens with zero attached hydrogens (tertiary/aromatic N) is 3. The molecule has 2 aromatic rings. The van der Waals surface area contributed by atoms with Crippen LogP contribution in [0.5, 0.6) is 11.5 Å². The highest BCUT2D eigenvalue weighted by molar-refractivity contribution is 8.00. The molecule has 0 saturated heterocycles. The van der Waals surface area contributed by atoms with Gasteiger partial charge in [0.05, 0.1) is 18.6 Å². The molecule has 0 bridgehead atoms. The summed E-state index contributed by atoms with van der Waals surface area (Å²) in [4.78, 5) is 20.7. The lowest BCUT2D eigenvalue weighted by molar-refractivity contribution is -0.120. The molecular weight excluding hydrogens is 340 g/mol. The molecule has 1 aromatic carbocycles. The Balaban J connectivity index is 1.94. The van der Waals surface area contributed by atoms with Gasteiger partial charge in [0.15, 0.2) is 16.7 Å². The second kappa shape index (κ2) is 8.48. The molecule has 1 heterocycles. The number of phenolic OH excluding ortho intramolecular Hbond substituents is 1. The molecule has 1 aromatic heterocycles. The second-order valence-corrected chi connectivity index (χ2v) is 6.67. The smallest absolute Gasteiger partial charge is 0.253 e. The largest absolute Gasteiger partial charge is 0.504 e. The molecule has 25 heavy (non-hydrogen) atoms. The molecule has 0 fully saturated rings. The zero-order valence-electron chi connectivity index (χ0n) is 14.5. The minimum atomic E-state index is -0.396. The predicted octanol–water partition coefficient (Wildman–Crippen LogP) is 2.44. The maximum Gasteiger partial charge on any atom is 0.253 e. The van der Waals surface area contributed by atoms with Crippen LogP contribution in [0, 0.1) is 13.8 Å². The molecule has 1 unspecified atom stereocenters. The Bertz CT molecular complexity index is 775. The number of rotatable bonds is 6. The van der Waals surface area contributed by atoms with E-state index < -0.39 is 5.25 Å². The normalized spacial score (nSPS) is 12.2. The number of aromatic nitrogens is 2. The third-order valence-electron chi connectivity index (χ3n) is 3.21. The second-order valence-electron chi connectivity index (χ2n) is 5.36. The van der Waals surface area contributed by atoms with E-state index in [1.54, 1.807) is 19.1 Å². The topological polar surface area (TPSA) is 96.7 Å². The van der Waals surface area contributed by atoms with Gasteiger partial charge in [-0.25, -0.2) is 15.4 Å². The van der Waals surface area contributed by atoms with Crippen LogP contribution in [0.3, 0.4) is 0 Å². The quantitative estimate of drug-likeness (QED) is 0.355. The number of ether oxygens (including phenoxy) is 1. The van der Waals surface area contributed by atoms with Gasteiger partial charge in [-0.1, -0.05) is 11.8 Å². The highest BCUT2D eigenvalue weighted by atomic mass is 32.2. The minimum Gasteiger partial charge on any atom is -0.504 e. The van der Waals surface area contributed by atoms with Gasteiger partial charge >= 0.3 is 0 Å². The van der Waals surface area contributed by atoms with Crippen LogP contribution >= 0.6 is 11.8 Å². The van der Waals surface area contributed by atoms with Crippen LogP contribution in [-0.4, -0.2) is 39.6 Å². The first-order valence-corrected chi connectivity index (χ1v) is 8.46. The van der Waals surface area contributed by atoms with E-state index in [4.69, 9.17) is 4.74 Å². The number of methoxy groups -OCH3 is 1. The van der Waals surface area contributed by atoms with Gasteiger partial charge in [0.25, 0.3) is 5.91 Å². The summed E-state index contributed by atoms with van der Waals surface area (Å²) in [6.07, 6.45) is 1.48. The van der Waals surface area contributed by atoms with E-state index in [0.717, 1.165) is 11.4 Å². The van der Waals surface area contributed by atoms with E-state index in [1.165, 1.54) is 31.2 Å². The first-order valence-electron chi connectivity index (χ1n) is 7.58. The molecule has 0 radical (unpaired) electrons. The summed E-state index contributed by atoms with van der Waals surface area (Å²) in [5, 5.41) is 13.6. The standard InChI is InChI=1S/C17H20N4O3S/c1-10-7-11(2)20-17(19-10)25-12(3)16(23)21-18-9-13-5-6-14(22)15(8-13)24-4/h5-9,12,22H,1-4H3,(H,21,23)/b18-9+. The number of carbonyl (C=O) groups excluding carboxylic acids is 1. The van der Waals surface area contributed by atoms with E-state index in [-0.39, 0.29) is 11.7 Å². The lowest BCUT2D eigenvalue weighted by atomic mass is 10.2. The SMILES string of the molecule is COc1cc(/C=N/NC(=O)C(C)Sc2nc(C)cc(C)n2)ccc1O. The van der Waals surface area contributed by atoms with Crippen LogP contribution in [0.2, 0.25) is 0 Å². The number of hydrogen-bond donors (Lipinski definition) is 2. The van der Waals surface area contributed by atoms with E-state index in [1.807, 2.05) is 19.9 Å². The van der Waals surface area contributed by atoms with Crippen molar-refractivity contribution < 1.29 is 14.6 Å². The Kier molecular flexibility index (Phi) is 6.35. The summed E-state index contributed by atoms with van der Waals surface area (Å²) < 4.78 is 5.02. The van der Waals surface area contributed by atoms with Crippen molar-refractivity contribution in [2.45, 2.75) is 31.2 Å². The molecule has 0 saturated carbocycles. The summed E-state index contributed by atoms with van der Waals surface area (Å²) in [6, 6.07) is 6.66. The van der Waals surface area contributed by atoms with Crippen molar-refractivity contribution in [3.05, 3.63) is 41.2 Å². The molecule has 1 atom stereocenters. The minimum absolute atomic E-state index is 0.0437. The fourth-order valence-corrected chi connectivity index (χ4v) is 2.86. The van der Waals surface area contributed by atoms with E-state index >= 15 is 0 Å². The van der Waals surface area contributed by atoms with Gasteiger partial charge in [-0.3, -0.25) is 4.79 Å². The molecular formula is C17H20N4O3S. The van der Waals surface area contributed by atoms with E-state index in [2.05, 4.69) is 20.5 Å². The summed E-state index contributed by atoms with van der Waals surface area (Å²) in [5.41, 5.74) is 4.90. The molecule has 0 spiro atoms. The lowest BCUT2D eigenvalue weighted by Crippen LogP contribution is -2.27. The zero-order valence-corrected chi connectivity index (χ0v) is 15.3. The molecule has 0 aliphatic heterocycles. The van der Waals surface area contributed by atoms with Gasteiger partial charge in [0.1, 0.15) is 0 Å². The number of phenols is 1. The summed E-state index contributed by atoms with van der Waals surface area (Å²) in [5.74, 6) is 0.128. The Labute approximate surface area is 150 Å². The third kappa shape index (κ3) is 5.46. The zero-order chi connectivity index (χ0) is 18.4. The molecule has 2 N–H and O–H groups in total. The monoisotopic (exact) mass is 360 g/mol. The molecule has 0 aliphatic rings. The average Bonchev–Trinajstić information content (AvgIpc) is 2.55. The molecule has 1 amide bonds. The Morgan fingerprint density at radius 1 is 1.32 bits per heavy atom. The van der Waals surface area contributed by atoms with Crippen molar-refractivity contribution in [3.8, 4) is 11.5 Å². The van der Waals surface area contributed by atoms with Crippen LogP contribution in [0.15, 0.2) is 34.5 Å². The first-order chi connectivity index (χ1) is 11.9. The number of carbonyl (C=O) groups is 1. The molecule has 7 nitrogen and oxygen atoms in total. The Morgan fingerprint density at radius 2 is 2.00 bits per heavy atom. The fraction of sp³-hybridized carbons (Fsp3) is 0.294. The third-order valence-corrected chi connectivity index (χ3v) is 4.17. The van der Waals surface area contributed by atoms with Gasteiger partial charge in [-0.2, -0.15) is 5.10 Å². The molecule has 0 aliphatic carbocycles.